The first kappa shape index (κ1) is 109. The number of morpholine rings is 1. The van der Waals surface area contributed by atoms with Gasteiger partial charge in [-0.2, -0.15) is 10.2 Å². The first-order valence-corrected chi connectivity index (χ1v) is 47.9. The van der Waals surface area contributed by atoms with E-state index >= 15 is 0 Å². The van der Waals surface area contributed by atoms with Gasteiger partial charge >= 0.3 is 0 Å². The van der Waals surface area contributed by atoms with E-state index in [4.69, 9.17) is 28.3 Å². The second kappa shape index (κ2) is 48.7. The zero-order valence-electron chi connectivity index (χ0n) is 84.7. The van der Waals surface area contributed by atoms with Gasteiger partial charge in [0.2, 0.25) is 11.8 Å². The molecule has 6 aliphatic rings. The second-order valence-electron chi connectivity index (χ2n) is 48.5. The molecule has 2 aromatic carbocycles. The Hall–Kier alpha value is -7.07. The van der Waals surface area contributed by atoms with E-state index in [2.05, 4.69) is 309 Å². The number of benzene rings is 2. The zero-order chi connectivity index (χ0) is 94.5. The van der Waals surface area contributed by atoms with Gasteiger partial charge in [-0.05, 0) is 228 Å². The summed E-state index contributed by atoms with van der Waals surface area (Å²) in [5.41, 5.74) is 14.6. The summed E-state index contributed by atoms with van der Waals surface area (Å²) in [6, 6.07) is 29.7. The van der Waals surface area contributed by atoms with Crippen molar-refractivity contribution in [3.8, 4) is 6.07 Å². The summed E-state index contributed by atoms with van der Waals surface area (Å²) < 4.78 is 63.5. The van der Waals surface area contributed by atoms with Gasteiger partial charge in [-0.3, -0.25) is 9.97 Å². The normalized spacial score (nSPS) is 16.7. The van der Waals surface area contributed by atoms with Crippen molar-refractivity contribution in [3.05, 3.63) is 187 Å². The molecule has 8 heterocycles. The van der Waals surface area contributed by atoms with E-state index in [1.807, 2.05) is 48.0 Å². The fraction of sp³-hybridized carbons (Fsp3) is 0.685. The van der Waals surface area contributed by atoms with Crippen LogP contribution in [0.5, 0.6) is 0 Å². The number of aromatic nitrogens is 7. The number of rotatable bonds is 15. The maximum atomic E-state index is 12.7. The van der Waals surface area contributed by atoms with Gasteiger partial charge < -0.3 is 27.9 Å². The minimum absolute atomic E-state index is 0.115. The first-order valence-electron chi connectivity index (χ1n) is 47.1. The number of alkyl halides is 2. The molecule has 0 radical (unpaired) electrons. The van der Waals surface area contributed by atoms with Gasteiger partial charge in [-0.25, -0.2) is 18.2 Å². The predicted octanol–water partition coefficient (Wildman–Crippen LogP) is 30.1. The molecule has 14 rings (SSSR count). The molecule has 704 valence electrons. The number of nitriles is 1. The predicted molar refractivity (Wildman–Crippen MR) is 519 cm³/mol. The first-order chi connectivity index (χ1) is 58.0. The third-order valence-corrected chi connectivity index (χ3v) is 21.4. The molecule has 1 unspecified atom stereocenters. The third-order valence-electron chi connectivity index (χ3n) is 20.3. The Balaban J connectivity index is 0.000000249. The van der Waals surface area contributed by atoms with Crippen molar-refractivity contribution in [1.29, 1.82) is 5.26 Å². The molecule has 0 N–H and O–H groups in total. The van der Waals surface area contributed by atoms with Crippen LogP contribution in [0.3, 0.4) is 0 Å². The van der Waals surface area contributed by atoms with Gasteiger partial charge in [0, 0.05) is 112 Å². The number of pyridine rings is 2. The summed E-state index contributed by atoms with van der Waals surface area (Å²) in [4.78, 5) is 20.1. The Morgan fingerprint density at radius 3 is 1.39 bits per heavy atom. The lowest BCUT2D eigenvalue weighted by molar-refractivity contribution is -0.118. The highest BCUT2D eigenvalue weighted by molar-refractivity contribution is 7.09. The van der Waals surface area contributed by atoms with Crippen LogP contribution >= 0.6 is 11.3 Å². The van der Waals surface area contributed by atoms with Crippen LogP contribution in [0.4, 0.5) is 18.9 Å². The topological polar surface area (TPSA) is 175 Å². The van der Waals surface area contributed by atoms with E-state index in [1.54, 1.807) is 19.1 Å². The Labute approximate surface area is 767 Å². The van der Waals surface area contributed by atoms with Crippen LogP contribution in [0.15, 0.2) is 116 Å². The molecule has 8 aromatic rings. The van der Waals surface area contributed by atoms with E-state index in [-0.39, 0.29) is 46.2 Å². The van der Waals surface area contributed by atoms with Crippen molar-refractivity contribution in [3.63, 3.8) is 0 Å². The third kappa shape index (κ3) is 52.6. The molecule has 4 aliphatic carbocycles. The minimum atomic E-state index is -2.34. The highest BCUT2D eigenvalue weighted by atomic mass is 32.1. The number of hydrogen-bond donors (Lipinski definition) is 0. The molecule has 4 saturated carbocycles. The summed E-state index contributed by atoms with van der Waals surface area (Å²) in [5.74, 6) is 4.41. The van der Waals surface area contributed by atoms with Gasteiger partial charge in [0.25, 0.3) is 0 Å². The summed E-state index contributed by atoms with van der Waals surface area (Å²) in [6.07, 6.45) is 24.6. The van der Waals surface area contributed by atoms with E-state index in [0.29, 0.717) is 50.2 Å². The average molecular weight is 1760 g/mol. The molecule has 126 heavy (non-hydrogen) atoms. The summed E-state index contributed by atoms with van der Waals surface area (Å²) >= 11 is 1.85. The van der Waals surface area contributed by atoms with Crippen molar-refractivity contribution in [2.24, 2.45) is 66.0 Å². The van der Waals surface area contributed by atoms with Crippen LogP contribution in [-0.4, -0.2) is 80.8 Å². The maximum absolute atomic E-state index is 12.7. The van der Waals surface area contributed by atoms with Crippen LogP contribution in [0, 0.1) is 90.1 Å². The highest BCUT2D eigenvalue weighted by Gasteiger charge is 2.46. The Bertz CT molecular complexity index is 4240. The van der Waals surface area contributed by atoms with Crippen LogP contribution < -0.4 is 4.90 Å². The molecule has 6 aromatic heterocycles. The average Bonchev–Trinajstić information content (AvgIpc) is 1.05. The van der Waals surface area contributed by atoms with Crippen LogP contribution in [0.25, 0.3) is 0 Å². The smallest absolute Gasteiger partial charge is 0.248 e. The lowest BCUT2D eigenvalue weighted by Gasteiger charge is -2.38. The number of anilines is 1. The number of ether oxygens (including phenoxy) is 2. The van der Waals surface area contributed by atoms with E-state index in [9.17, 15) is 13.2 Å². The van der Waals surface area contributed by atoms with Crippen molar-refractivity contribution >= 4 is 17.0 Å². The van der Waals surface area contributed by atoms with Crippen molar-refractivity contribution in [1.82, 2.24) is 35.4 Å². The lowest BCUT2D eigenvalue weighted by atomic mass is 9.72. The van der Waals surface area contributed by atoms with Gasteiger partial charge in [0.05, 0.1) is 58.8 Å². The molecular weight excluding hydrogens is 1590 g/mol. The van der Waals surface area contributed by atoms with Crippen LogP contribution in [0.2, 0.25) is 0 Å². The Morgan fingerprint density at radius 2 is 0.952 bits per heavy atom. The number of hydrogen-bond acceptors (Lipinski definition) is 15. The number of aryl methyl sites for hydroxylation is 2. The molecule has 0 bridgehead atoms. The lowest BCUT2D eigenvalue weighted by Crippen LogP contribution is -2.37. The molecule has 2 saturated heterocycles. The van der Waals surface area contributed by atoms with Crippen LogP contribution in [-0.2, 0) is 67.3 Å². The maximum Gasteiger partial charge on any atom is 0.248 e. The summed E-state index contributed by atoms with van der Waals surface area (Å²) in [7, 11) is 0. The van der Waals surface area contributed by atoms with E-state index < -0.39 is 5.92 Å². The molecule has 2 aliphatic heterocycles. The largest absolute Gasteiger partial charge is 0.381 e. The van der Waals surface area contributed by atoms with E-state index in [1.165, 1.54) is 102 Å². The molecule has 6 fully saturated rings. The van der Waals surface area contributed by atoms with Crippen molar-refractivity contribution < 1.29 is 36.2 Å². The molecule has 0 spiro atoms. The van der Waals surface area contributed by atoms with Gasteiger partial charge in [0.15, 0.2) is 5.82 Å². The number of thiazole rings is 1. The van der Waals surface area contributed by atoms with Gasteiger partial charge in [-0.1, -0.05) is 260 Å². The zero-order valence-corrected chi connectivity index (χ0v) is 85.5. The molecule has 14 nitrogen and oxygen atoms in total. The molecule has 0 amide bonds. The highest BCUT2D eigenvalue weighted by Crippen LogP contribution is 2.48. The van der Waals surface area contributed by atoms with E-state index in [0.717, 1.165) is 150 Å². The van der Waals surface area contributed by atoms with Gasteiger partial charge in [-0.15, -0.1) is 11.3 Å². The van der Waals surface area contributed by atoms with Gasteiger partial charge in [0.1, 0.15) is 17.3 Å². The summed E-state index contributed by atoms with van der Waals surface area (Å²) in [6.45, 7) is 75.8. The summed E-state index contributed by atoms with van der Waals surface area (Å²) in [5, 5.41) is 24.3. The molecule has 18 heteroatoms. The standard InChI is InChI=1S/C14H22N2O.C12H15N.C12H19N.C11H15F.2C11H17NO.C11H17NS.C9H16F2.C9H18O.C8H14N2O/c1-14(2,3)10-12-4-5-13(11-15-12)16-6-8-17-9-7-16;1-12(2,3)8-10-5-4-6-11(7-10)9-13;1-5-10-6-7-11(13-9-10)8-12(2,3)4;1-11(2,3)8-9-5-4-6-10(12)7-9;1-11(2,3)7-9-6-10(12-13-9)8-4-5-8;1-11(2,3)7-9-6-10(13-12-9)8-4-5-8;1-11(2,3)6-9-7-13-10(12-9)8-4-5-8;1-8(2,3)4-7-5-9(10,11)6-7;1-9(2,3)6-8-4-5-10-7-8;1-6-9-7(10-11-6)5-8(2,3)4/h4-5,11H,6-10H2,1-3H3;4-7H,8H2,1-3H3;6-7,9H,5,8H2,1-4H3;4-7H,8H2,1-3H3;2*6,8H,4-5,7H2,1-3H3;7-8H,4-6H2,1-3H3;7H,4-6H2,1-3H3;8H,4-7H2,1-3H3;5H2,1-4H3. The molecule has 1 atom stereocenters. The van der Waals surface area contributed by atoms with Crippen molar-refractivity contribution in [2.75, 3.05) is 44.4 Å². The monoisotopic (exact) mass is 1760 g/mol. The number of nitrogens with zero attached hydrogens (tertiary/aromatic N) is 9. The quantitative estimate of drug-likeness (QED) is 0.0948. The second-order valence-corrected chi connectivity index (χ2v) is 49.4. The van der Waals surface area contributed by atoms with Crippen molar-refractivity contribution in [2.45, 2.75) is 374 Å². The van der Waals surface area contributed by atoms with Crippen LogP contribution in [0.1, 0.15) is 382 Å². The Morgan fingerprint density at radius 1 is 0.452 bits per heavy atom. The fourth-order valence-corrected chi connectivity index (χ4v) is 15.8. The molecular formula is C108H170F3N9O5S. The Kier molecular flexibility index (Phi) is 42.3. The SMILES string of the molecule is CC(C)(C)CC1CC(F)(F)C1.CC(C)(C)CC1CCOC1.CC(C)(C)Cc1cc(C2CC2)no1.CC(C)(C)Cc1cc(C2CC2)on1.CC(C)(C)Cc1ccc(N2CCOCC2)cn1.CC(C)(C)Cc1cccc(C#N)c1.CC(C)(C)Cc1cccc(F)c1.CC(C)(C)Cc1csc(C2CC2)n1.CCc1ccc(CC(C)(C)C)nc1.Cc1nc(CC(C)(C)C)no1. The fourth-order valence-electron chi connectivity index (χ4n) is 14.8. The minimum Gasteiger partial charge on any atom is -0.381 e. The number of halogens is 3.